The van der Waals surface area contributed by atoms with Crippen molar-refractivity contribution in [1.82, 2.24) is 14.9 Å². The van der Waals surface area contributed by atoms with Crippen molar-refractivity contribution < 1.29 is 4.79 Å². The second-order valence-electron chi connectivity index (χ2n) is 6.02. The Hall–Kier alpha value is -2.62. The molecule has 0 aliphatic carbocycles. The molecule has 1 heterocycles. The molecule has 24 heavy (non-hydrogen) atoms. The van der Waals surface area contributed by atoms with Crippen molar-refractivity contribution >= 4 is 16.9 Å². The fourth-order valence-electron chi connectivity index (χ4n) is 2.83. The fraction of sp³-hybridized carbons (Fsp3) is 0.300. The summed E-state index contributed by atoms with van der Waals surface area (Å²) in [5.74, 6) is 0.0791. The quantitative estimate of drug-likeness (QED) is 0.721. The molecule has 0 spiro atoms. The highest BCUT2D eigenvalue weighted by atomic mass is 16.1. The summed E-state index contributed by atoms with van der Waals surface area (Å²) in [6, 6.07) is 16.3. The van der Waals surface area contributed by atoms with Crippen molar-refractivity contribution in [2.75, 3.05) is 0 Å². The Balaban J connectivity index is 1.54. The van der Waals surface area contributed by atoms with Crippen molar-refractivity contribution in [2.24, 2.45) is 0 Å². The van der Waals surface area contributed by atoms with E-state index in [1.807, 2.05) is 36.7 Å². The smallest absolute Gasteiger partial charge is 0.220 e. The number of carbonyl (C=O) groups is 1. The first-order valence-electron chi connectivity index (χ1n) is 8.50. The predicted octanol–water partition coefficient (Wildman–Crippen LogP) is 3.70. The number of fused-ring (bicyclic) bond motifs is 1. The number of nitrogens with one attached hydrogen (secondary N) is 1. The van der Waals surface area contributed by atoms with Crippen LogP contribution >= 0.6 is 0 Å². The summed E-state index contributed by atoms with van der Waals surface area (Å²) in [5, 5.41) is 2.99. The molecular formula is C20H23N3O. The normalized spacial score (nSPS) is 10.9. The molecule has 4 nitrogen and oxygen atoms in total. The van der Waals surface area contributed by atoms with Crippen LogP contribution < -0.4 is 5.32 Å². The molecule has 1 amide bonds. The Bertz CT molecular complexity index is 808. The first kappa shape index (κ1) is 16.2. The molecule has 1 aromatic heterocycles. The Morgan fingerprint density at radius 2 is 1.96 bits per heavy atom. The van der Waals surface area contributed by atoms with E-state index in [0.29, 0.717) is 13.0 Å². The van der Waals surface area contributed by atoms with Gasteiger partial charge in [0.1, 0.15) is 0 Å². The Kier molecular flexibility index (Phi) is 5.26. The number of amides is 1. The number of benzene rings is 2. The van der Waals surface area contributed by atoms with Crippen LogP contribution in [0.4, 0.5) is 0 Å². The summed E-state index contributed by atoms with van der Waals surface area (Å²) >= 11 is 0. The van der Waals surface area contributed by atoms with Gasteiger partial charge in [0, 0.05) is 19.5 Å². The van der Waals surface area contributed by atoms with E-state index in [1.54, 1.807) is 0 Å². The second-order valence-corrected chi connectivity index (χ2v) is 6.02. The minimum absolute atomic E-state index is 0.0791. The van der Waals surface area contributed by atoms with Crippen molar-refractivity contribution in [2.45, 2.75) is 39.3 Å². The third-order valence-corrected chi connectivity index (χ3v) is 4.12. The zero-order valence-electron chi connectivity index (χ0n) is 14.0. The maximum atomic E-state index is 12.0. The molecule has 0 unspecified atom stereocenters. The molecule has 0 aliphatic rings. The van der Waals surface area contributed by atoms with Gasteiger partial charge in [-0.15, -0.1) is 0 Å². The van der Waals surface area contributed by atoms with E-state index < -0.39 is 0 Å². The first-order valence-corrected chi connectivity index (χ1v) is 8.50. The molecule has 0 saturated carbocycles. The first-order chi connectivity index (χ1) is 11.8. The van der Waals surface area contributed by atoms with Gasteiger partial charge in [-0.05, 0) is 36.1 Å². The van der Waals surface area contributed by atoms with Crippen LogP contribution in [0.2, 0.25) is 0 Å². The largest absolute Gasteiger partial charge is 0.352 e. The molecule has 0 saturated heterocycles. The van der Waals surface area contributed by atoms with Gasteiger partial charge in [0.05, 0.1) is 17.4 Å². The Morgan fingerprint density at radius 1 is 1.12 bits per heavy atom. The van der Waals surface area contributed by atoms with Crippen LogP contribution in [0.25, 0.3) is 11.0 Å². The van der Waals surface area contributed by atoms with Crippen LogP contribution in [0.5, 0.6) is 0 Å². The number of aryl methyl sites for hydroxylation is 2. The molecule has 3 aromatic rings. The van der Waals surface area contributed by atoms with E-state index in [9.17, 15) is 4.79 Å². The average Bonchev–Trinajstić information content (AvgIpc) is 3.02. The number of hydrogen-bond donors (Lipinski definition) is 1. The molecule has 0 atom stereocenters. The molecule has 2 aromatic carbocycles. The summed E-state index contributed by atoms with van der Waals surface area (Å²) < 4.78 is 2.16. The molecule has 0 aliphatic heterocycles. The van der Waals surface area contributed by atoms with Crippen LogP contribution in [0, 0.1) is 0 Å². The van der Waals surface area contributed by atoms with Gasteiger partial charge in [-0.25, -0.2) is 4.98 Å². The summed E-state index contributed by atoms with van der Waals surface area (Å²) in [6.07, 6.45) is 4.26. The molecular weight excluding hydrogens is 298 g/mol. The third-order valence-electron chi connectivity index (χ3n) is 4.12. The van der Waals surface area contributed by atoms with E-state index >= 15 is 0 Å². The lowest BCUT2D eigenvalue weighted by molar-refractivity contribution is -0.121. The minimum atomic E-state index is 0.0791. The Morgan fingerprint density at radius 3 is 2.75 bits per heavy atom. The molecule has 124 valence electrons. The van der Waals surface area contributed by atoms with E-state index in [1.165, 1.54) is 5.56 Å². The van der Waals surface area contributed by atoms with Gasteiger partial charge in [-0.1, -0.05) is 43.3 Å². The number of hydrogen-bond acceptors (Lipinski definition) is 2. The molecule has 0 bridgehead atoms. The standard InChI is InChI=1S/C20H23N3O/c1-2-12-23-15-22-18-13-17(8-10-19(18)23)14-21-20(24)11-9-16-6-4-3-5-7-16/h3-8,10,13,15H,2,9,11-12,14H2,1H3,(H,21,24). The number of carbonyl (C=O) groups excluding carboxylic acids is 1. The summed E-state index contributed by atoms with van der Waals surface area (Å²) in [7, 11) is 0. The number of imidazole rings is 1. The van der Waals surface area contributed by atoms with E-state index in [2.05, 4.69) is 40.0 Å². The summed E-state index contributed by atoms with van der Waals surface area (Å²) in [6.45, 7) is 3.68. The van der Waals surface area contributed by atoms with Crippen LogP contribution in [0.15, 0.2) is 54.9 Å². The predicted molar refractivity (Wildman–Crippen MR) is 96.6 cm³/mol. The van der Waals surface area contributed by atoms with E-state index in [0.717, 1.165) is 36.0 Å². The molecule has 4 heteroatoms. The fourth-order valence-corrected chi connectivity index (χ4v) is 2.83. The highest BCUT2D eigenvalue weighted by molar-refractivity contribution is 5.78. The lowest BCUT2D eigenvalue weighted by atomic mass is 10.1. The maximum absolute atomic E-state index is 12.0. The summed E-state index contributed by atoms with van der Waals surface area (Å²) in [4.78, 5) is 16.5. The van der Waals surface area contributed by atoms with E-state index in [4.69, 9.17) is 0 Å². The van der Waals surface area contributed by atoms with Gasteiger partial charge in [0.15, 0.2) is 0 Å². The molecule has 0 fully saturated rings. The lowest BCUT2D eigenvalue weighted by Crippen LogP contribution is -2.22. The second kappa shape index (κ2) is 7.77. The zero-order chi connectivity index (χ0) is 16.8. The SMILES string of the molecule is CCCn1cnc2cc(CNC(=O)CCc3ccccc3)ccc21. The van der Waals surface area contributed by atoms with Crippen LogP contribution in [-0.4, -0.2) is 15.5 Å². The van der Waals surface area contributed by atoms with Crippen molar-refractivity contribution in [3.05, 3.63) is 66.0 Å². The van der Waals surface area contributed by atoms with Gasteiger partial charge in [-0.2, -0.15) is 0 Å². The van der Waals surface area contributed by atoms with Crippen molar-refractivity contribution in [3.63, 3.8) is 0 Å². The molecule has 1 N–H and O–H groups in total. The molecule has 3 rings (SSSR count). The lowest BCUT2D eigenvalue weighted by Gasteiger charge is -2.06. The van der Waals surface area contributed by atoms with Crippen LogP contribution in [-0.2, 0) is 24.3 Å². The number of aromatic nitrogens is 2. The monoisotopic (exact) mass is 321 g/mol. The number of nitrogens with zero attached hydrogens (tertiary/aromatic N) is 2. The Labute approximate surface area is 142 Å². The van der Waals surface area contributed by atoms with Gasteiger partial charge in [-0.3, -0.25) is 4.79 Å². The third kappa shape index (κ3) is 4.02. The van der Waals surface area contributed by atoms with E-state index in [-0.39, 0.29) is 5.91 Å². The number of rotatable bonds is 7. The maximum Gasteiger partial charge on any atom is 0.220 e. The van der Waals surface area contributed by atoms with Crippen molar-refractivity contribution in [1.29, 1.82) is 0 Å². The van der Waals surface area contributed by atoms with Gasteiger partial charge in [0.25, 0.3) is 0 Å². The van der Waals surface area contributed by atoms with Crippen molar-refractivity contribution in [3.8, 4) is 0 Å². The topological polar surface area (TPSA) is 46.9 Å². The average molecular weight is 321 g/mol. The minimum Gasteiger partial charge on any atom is -0.352 e. The highest BCUT2D eigenvalue weighted by Gasteiger charge is 2.05. The van der Waals surface area contributed by atoms with Gasteiger partial charge < -0.3 is 9.88 Å². The van der Waals surface area contributed by atoms with Crippen LogP contribution in [0.1, 0.15) is 30.9 Å². The van der Waals surface area contributed by atoms with Crippen LogP contribution in [0.3, 0.4) is 0 Å². The highest BCUT2D eigenvalue weighted by Crippen LogP contribution is 2.15. The zero-order valence-corrected chi connectivity index (χ0v) is 14.0. The summed E-state index contributed by atoms with van der Waals surface area (Å²) in [5.41, 5.74) is 4.41. The van der Waals surface area contributed by atoms with Gasteiger partial charge in [0.2, 0.25) is 5.91 Å². The van der Waals surface area contributed by atoms with Gasteiger partial charge >= 0.3 is 0 Å². The molecule has 0 radical (unpaired) electrons.